The van der Waals surface area contributed by atoms with Gasteiger partial charge in [0.2, 0.25) is 0 Å². The number of rotatable bonds is 1. The lowest BCUT2D eigenvalue weighted by atomic mass is 10.4. The minimum Gasteiger partial charge on any atom is -0.330 e. The van der Waals surface area contributed by atoms with E-state index in [1.54, 1.807) is 6.20 Å². The van der Waals surface area contributed by atoms with Crippen LogP contribution in [0.2, 0.25) is 0 Å². The molecule has 0 saturated carbocycles. The van der Waals surface area contributed by atoms with E-state index in [9.17, 15) is 0 Å². The highest BCUT2D eigenvalue weighted by molar-refractivity contribution is 5.73. The first-order valence-corrected chi connectivity index (χ1v) is 4.66. The fourth-order valence-corrected chi connectivity index (χ4v) is 1.16. The first kappa shape index (κ1) is 9.71. The first-order chi connectivity index (χ1) is 6.42. The van der Waals surface area contributed by atoms with E-state index in [0.717, 1.165) is 17.6 Å². The molecule has 0 atom stereocenters. The summed E-state index contributed by atoms with van der Waals surface area (Å²) < 4.78 is 2.07. The molecule has 0 saturated heterocycles. The zero-order chi connectivity index (χ0) is 9.68. The van der Waals surface area contributed by atoms with Gasteiger partial charge in [-0.05, 0) is 13.0 Å². The van der Waals surface area contributed by atoms with E-state index in [0.29, 0.717) is 0 Å². The fraction of sp³-hybridized carbons (Fsp3) is 0.400. The average molecular weight is 177 g/mol. The van der Waals surface area contributed by atoms with Gasteiger partial charge >= 0.3 is 0 Å². The average Bonchev–Trinajstić information content (AvgIpc) is 2.64. The van der Waals surface area contributed by atoms with Crippen LogP contribution in [0, 0.1) is 0 Å². The van der Waals surface area contributed by atoms with Gasteiger partial charge in [-0.2, -0.15) is 0 Å². The van der Waals surface area contributed by atoms with Crippen LogP contribution in [-0.4, -0.2) is 14.5 Å². The molecule has 2 aromatic heterocycles. The summed E-state index contributed by atoms with van der Waals surface area (Å²) >= 11 is 0. The molecular weight excluding hydrogens is 162 g/mol. The molecule has 0 fully saturated rings. The monoisotopic (exact) mass is 177 g/mol. The summed E-state index contributed by atoms with van der Waals surface area (Å²) in [5.41, 5.74) is 2.12. The van der Waals surface area contributed by atoms with E-state index in [-0.39, 0.29) is 0 Å². The Labute approximate surface area is 78.4 Å². The van der Waals surface area contributed by atoms with Gasteiger partial charge in [0, 0.05) is 12.7 Å². The molecule has 0 spiro atoms. The smallest absolute Gasteiger partial charge is 0.0958 e. The Hall–Kier alpha value is -1.38. The molecule has 2 rings (SSSR count). The van der Waals surface area contributed by atoms with E-state index >= 15 is 0 Å². The molecule has 2 heterocycles. The van der Waals surface area contributed by atoms with Gasteiger partial charge in [-0.3, -0.25) is 4.98 Å². The van der Waals surface area contributed by atoms with E-state index in [1.165, 1.54) is 0 Å². The number of hydrogen-bond acceptors (Lipinski definition) is 2. The largest absolute Gasteiger partial charge is 0.330 e. The van der Waals surface area contributed by atoms with Crippen molar-refractivity contribution in [2.45, 2.75) is 27.3 Å². The molecule has 70 valence electrons. The second-order valence-corrected chi connectivity index (χ2v) is 2.39. The molecular formula is C10H15N3. The van der Waals surface area contributed by atoms with Crippen molar-refractivity contribution in [3.63, 3.8) is 0 Å². The molecule has 0 radical (unpaired) electrons. The lowest BCUT2D eigenvalue weighted by molar-refractivity contribution is 0.786. The predicted octanol–water partition coefficient (Wildman–Crippen LogP) is 2.48. The van der Waals surface area contributed by atoms with Gasteiger partial charge < -0.3 is 4.57 Å². The first-order valence-electron chi connectivity index (χ1n) is 4.66. The van der Waals surface area contributed by atoms with Crippen molar-refractivity contribution in [1.29, 1.82) is 0 Å². The quantitative estimate of drug-likeness (QED) is 0.670. The van der Waals surface area contributed by atoms with Crippen molar-refractivity contribution in [3.8, 4) is 0 Å². The number of pyridine rings is 1. The highest BCUT2D eigenvalue weighted by atomic mass is 15.0. The maximum Gasteiger partial charge on any atom is 0.0958 e. The van der Waals surface area contributed by atoms with Crippen LogP contribution in [-0.2, 0) is 6.54 Å². The van der Waals surface area contributed by atoms with E-state index < -0.39 is 0 Å². The van der Waals surface area contributed by atoms with Gasteiger partial charge in [0.15, 0.2) is 0 Å². The Kier molecular flexibility index (Phi) is 3.43. The number of hydrogen-bond donors (Lipinski definition) is 0. The Balaban J connectivity index is 0.000000396. The van der Waals surface area contributed by atoms with Crippen LogP contribution in [0.15, 0.2) is 24.8 Å². The summed E-state index contributed by atoms with van der Waals surface area (Å²) in [6, 6.07) is 1.92. The summed E-state index contributed by atoms with van der Waals surface area (Å²) in [6.07, 6.45) is 5.44. The van der Waals surface area contributed by atoms with Gasteiger partial charge in [-0.25, -0.2) is 4.98 Å². The molecule has 2 aromatic rings. The molecule has 0 N–H and O–H groups in total. The van der Waals surface area contributed by atoms with Crippen LogP contribution in [0.25, 0.3) is 11.0 Å². The van der Waals surface area contributed by atoms with Crippen molar-refractivity contribution < 1.29 is 0 Å². The maximum absolute atomic E-state index is 4.21. The SMILES string of the molecule is CC.CCn1cnc2ccncc21. The molecule has 0 aliphatic rings. The summed E-state index contributed by atoms with van der Waals surface area (Å²) in [6.45, 7) is 7.04. The van der Waals surface area contributed by atoms with Crippen molar-refractivity contribution in [2.75, 3.05) is 0 Å². The molecule has 0 bridgehead atoms. The van der Waals surface area contributed by atoms with Crippen LogP contribution in [0.3, 0.4) is 0 Å². The lowest BCUT2D eigenvalue weighted by Crippen LogP contribution is -1.90. The van der Waals surface area contributed by atoms with E-state index in [1.807, 2.05) is 32.4 Å². The highest BCUT2D eigenvalue weighted by Gasteiger charge is 1.97. The Morgan fingerprint density at radius 3 is 2.85 bits per heavy atom. The summed E-state index contributed by atoms with van der Waals surface area (Å²) in [5, 5.41) is 0. The molecule has 3 heteroatoms. The van der Waals surface area contributed by atoms with Gasteiger partial charge in [-0.15, -0.1) is 0 Å². The lowest BCUT2D eigenvalue weighted by Gasteiger charge is -1.95. The van der Waals surface area contributed by atoms with Gasteiger partial charge in [-0.1, -0.05) is 13.8 Å². The molecule has 0 amide bonds. The Morgan fingerprint density at radius 2 is 2.15 bits per heavy atom. The number of aryl methyl sites for hydroxylation is 1. The minimum absolute atomic E-state index is 0.947. The molecule has 3 nitrogen and oxygen atoms in total. The number of nitrogens with zero attached hydrogens (tertiary/aromatic N) is 3. The molecule has 13 heavy (non-hydrogen) atoms. The van der Waals surface area contributed by atoms with Gasteiger partial charge in [0.25, 0.3) is 0 Å². The predicted molar refractivity (Wildman–Crippen MR) is 54.6 cm³/mol. The van der Waals surface area contributed by atoms with Crippen molar-refractivity contribution in [3.05, 3.63) is 24.8 Å². The Bertz CT molecular complexity index is 365. The van der Waals surface area contributed by atoms with Crippen molar-refractivity contribution in [2.24, 2.45) is 0 Å². The van der Waals surface area contributed by atoms with Crippen LogP contribution < -0.4 is 0 Å². The highest BCUT2D eigenvalue weighted by Crippen LogP contribution is 2.08. The summed E-state index contributed by atoms with van der Waals surface area (Å²) in [5.74, 6) is 0. The van der Waals surface area contributed by atoms with Crippen LogP contribution in [0.4, 0.5) is 0 Å². The van der Waals surface area contributed by atoms with E-state index in [4.69, 9.17) is 0 Å². The third kappa shape index (κ3) is 1.86. The standard InChI is InChI=1S/C8H9N3.C2H6/c1-2-11-6-10-7-3-4-9-5-8(7)11;1-2/h3-6H,2H2,1H3;1-2H3. The van der Waals surface area contributed by atoms with Crippen molar-refractivity contribution >= 4 is 11.0 Å². The fourth-order valence-electron chi connectivity index (χ4n) is 1.16. The maximum atomic E-state index is 4.21. The van der Waals surface area contributed by atoms with E-state index in [2.05, 4.69) is 21.5 Å². The normalized spacial score (nSPS) is 9.46. The number of aromatic nitrogens is 3. The van der Waals surface area contributed by atoms with Crippen molar-refractivity contribution in [1.82, 2.24) is 14.5 Å². The second kappa shape index (κ2) is 4.60. The Morgan fingerprint density at radius 1 is 1.38 bits per heavy atom. The molecule has 0 aromatic carbocycles. The molecule has 0 unspecified atom stereocenters. The van der Waals surface area contributed by atoms with Gasteiger partial charge in [0.1, 0.15) is 0 Å². The minimum atomic E-state index is 0.947. The summed E-state index contributed by atoms with van der Waals surface area (Å²) in [7, 11) is 0. The third-order valence-corrected chi connectivity index (χ3v) is 1.76. The van der Waals surface area contributed by atoms with Crippen LogP contribution in [0.5, 0.6) is 0 Å². The molecule has 0 aliphatic carbocycles. The summed E-state index contributed by atoms with van der Waals surface area (Å²) in [4.78, 5) is 8.25. The van der Waals surface area contributed by atoms with Gasteiger partial charge in [0.05, 0.1) is 23.6 Å². The second-order valence-electron chi connectivity index (χ2n) is 2.39. The third-order valence-electron chi connectivity index (χ3n) is 1.76. The number of imidazole rings is 1. The zero-order valence-corrected chi connectivity index (χ0v) is 8.36. The topological polar surface area (TPSA) is 30.7 Å². The number of fused-ring (bicyclic) bond motifs is 1. The molecule has 0 aliphatic heterocycles. The zero-order valence-electron chi connectivity index (χ0n) is 8.36. The van der Waals surface area contributed by atoms with Crippen LogP contribution >= 0.6 is 0 Å². The van der Waals surface area contributed by atoms with Crippen LogP contribution in [0.1, 0.15) is 20.8 Å².